The van der Waals surface area contributed by atoms with E-state index in [1.165, 1.54) is 6.07 Å². The molecular formula is C18H16FNO. The second-order valence-corrected chi connectivity index (χ2v) is 5.23. The average molecular weight is 281 g/mol. The lowest BCUT2D eigenvalue weighted by Gasteiger charge is -2.14. The molecule has 0 saturated heterocycles. The highest BCUT2D eigenvalue weighted by molar-refractivity contribution is 5.86. The van der Waals surface area contributed by atoms with Crippen LogP contribution in [-0.2, 0) is 6.42 Å². The monoisotopic (exact) mass is 281 g/mol. The summed E-state index contributed by atoms with van der Waals surface area (Å²) in [5.74, 6) is -0.269. The van der Waals surface area contributed by atoms with Crippen molar-refractivity contribution in [2.75, 3.05) is 0 Å². The van der Waals surface area contributed by atoms with Gasteiger partial charge in [0.15, 0.2) is 0 Å². The van der Waals surface area contributed by atoms with Crippen LogP contribution < -0.4 is 0 Å². The van der Waals surface area contributed by atoms with Crippen LogP contribution in [0.15, 0.2) is 54.7 Å². The van der Waals surface area contributed by atoms with E-state index < -0.39 is 6.10 Å². The Balaban J connectivity index is 1.96. The van der Waals surface area contributed by atoms with Crippen molar-refractivity contribution in [3.05, 3.63) is 77.4 Å². The number of fused-ring (bicyclic) bond motifs is 1. The summed E-state index contributed by atoms with van der Waals surface area (Å²) in [5, 5.41) is 11.8. The third-order valence-corrected chi connectivity index (χ3v) is 3.64. The number of aliphatic hydroxyl groups is 1. The Labute approximate surface area is 122 Å². The van der Waals surface area contributed by atoms with Crippen molar-refractivity contribution in [1.29, 1.82) is 0 Å². The predicted octanol–water partition coefficient (Wildman–Crippen LogP) is 3.96. The Morgan fingerprint density at radius 3 is 2.52 bits per heavy atom. The van der Waals surface area contributed by atoms with Crippen LogP contribution >= 0.6 is 0 Å². The molecule has 0 fully saturated rings. The highest BCUT2D eigenvalue weighted by atomic mass is 19.1. The van der Waals surface area contributed by atoms with Gasteiger partial charge in [0, 0.05) is 23.7 Å². The summed E-state index contributed by atoms with van der Waals surface area (Å²) in [6.07, 6.45) is 1.49. The first-order valence-electron chi connectivity index (χ1n) is 6.92. The second kappa shape index (κ2) is 5.62. The molecule has 0 bridgehead atoms. The van der Waals surface area contributed by atoms with Crippen molar-refractivity contribution in [3.63, 3.8) is 0 Å². The third-order valence-electron chi connectivity index (χ3n) is 3.64. The minimum Gasteiger partial charge on any atom is -0.388 e. The van der Waals surface area contributed by atoms with Gasteiger partial charge in [-0.2, -0.15) is 0 Å². The smallest absolute Gasteiger partial charge is 0.131 e. The number of hydrogen-bond donors (Lipinski definition) is 1. The van der Waals surface area contributed by atoms with Crippen LogP contribution in [0.3, 0.4) is 0 Å². The third kappa shape index (κ3) is 2.78. The van der Waals surface area contributed by atoms with E-state index >= 15 is 0 Å². The van der Waals surface area contributed by atoms with Crippen LogP contribution in [0.5, 0.6) is 0 Å². The van der Waals surface area contributed by atoms with E-state index in [1.54, 1.807) is 24.4 Å². The first kappa shape index (κ1) is 13.7. The van der Waals surface area contributed by atoms with Gasteiger partial charge in [-0.15, -0.1) is 0 Å². The van der Waals surface area contributed by atoms with Crippen LogP contribution in [0.2, 0.25) is 0 Å². The number of pyridine rings is 1. The van der Waals surface area contributed by atoms with Crippen molar-refractivity contribution in [2.45, 2.75) is 19.4 Å². The molecule has 1 aromatic heterocycles. The summed E-state index contributed by atoms with van der Waals surface area (Å²) in [5.41, 5.74) is 2.64. The predicted molar refractivity (Wildman–Crippen MR) is 81.5 cm³/mol. The van der Waals surface area contributed by atoms with Gasteiger partial charge in [0.2, 0.25) is 0 Å². The van der Waals surface area contributed by atoms with Crippen molar-refractivity contribution in [2.24, 2.45) is 0 Å². The molecule has 106 valence electrons. The maximum atomic E-state index is 13.8. The Kier molecular flexibility index (Phi) is 3.67. The van der Waals surface area contributed by atoms with Gasteiger partial charge in [-0.05, 0) is 35.6 Å². The molecule has 0 spiro atoms. The molecular weight excluding hydrogens is 265 g/mol. The topological polar surface area (TPSA) is 33.1 Å². The second-order valence-electron chi connectivity index (χ2n) is 5.23. The summed E-state index contributed by atoms with van der Waals surface area (Å²) in [6, 6.07) is 14.1. The van der Waals surface area contributed by atoms with Gasteiger partial charge in [-0.25, -0.2) is 4.39 Å². The van der Waals surface area contributed by atoms with Crippen LogP contribution in [0.25, 0.3) is 10.8 Å². The maximum absolute atomic E-state index is 13.8. The largest absolute Gasteiger partial charge is 0.388 e. The zero-order valence-corrected chi connectivity index (χ0v) is 11.8. The first-order chi connectivity index (χ1) is 10.1. The Hall–Kier alpha value is -2.26. The molecule has 2 aromatic carbocycles. The van der Waals surface area contributed by atoms with E-state index in [2.05, 4.69) is 4.98 Å². The van der Waals surface area contributed by atoms with Gasteiger partial charge >= 0.3 is 0 Å². The lowest BCUT2D eigenvalue weighted by atomic mass is 9.97. The van der Waals surface area contributed by atoms with Crippen molar-refractivity contribution < 1.29 is 9.50 Å². The normalized spacial score (nSPS) is 12.5. The fraction of sp³-hybridized carbons (Fsp3) is 0.167. The molecule has 2 nitrogen and oxygen atoms in total. The minimum atomic E-state index is -0.703. The molecule has 3 rings (SSSR count). The molecule has 21 heavy (non-hydrogen) atoms. The SMILES string of the molecule is Cc1ccc(CC(O)c2ccc(F)c3ccccc23)nc1. The lowest BCUT2D eigenvalue weighted by molar-refractivity contribution is 0.178. The van der Waals surface area contributed by atoms with Crippen LogP contribution in [0.4, 0.5) is 4.39 Å². The van der Waals surface area contributed by atoms with Crippen LogP contribution in [0, 0.1) is 12.7 Å². The maximum Gasteiger partial charge on any atom is 0.131 e. The van der Waals surface area contributed by atoms with E-state index in [0.29, 0.717) is 11.8 Å². The van der Waals surface area contributed by atoms with E-state index in [-0.39, 0.29) is 5.82 Å². The molecule has 0 aliphatic heterocycles. The summed E-state index contributed by atoms with van der Waals surface area (Å²) in [6.45, 7) is 1.97. The molecule has 1 N–H and O–H groups in total. The van der Waals surface area contributed by atoms with E-state index in [9.17, 15) is 9.50 Å². The van der Waals surface area contributed by atoms with Gasteiger partial charge in [-0.3, -0.25) is 4.98 Å². The van der Waals surface area contributed by atoms with E-state index in [0.717, 1.165) is 22.2 Å². The van der Waals surface area contributed by atoms with Crippen molar-refractivity contribution in [3.8, 4) is 0 Å². The highest BCUT2D eigenvalue weighted by Gasteiger charge is 2.14. The van der Waals surface area contributed by atoms with Gasteiger partial charge in [0.05, 0.1) is 6.10 Å². The number of aliphatic hydroxyl groups excluding tert-OH is 1. The van der Waals surface area contributed by atoms with E-state index in [1.807, 2.05) is 31.2 Å². The zero-order valence-electron chi connectivity index (χ0n) is 11.8. The quantitative estimate of drug-likeness (QED) is 0.788. The number of aryl methyl sites for hydroxylation is 1. The molecule has 1 atom stereocenters. The molecule has 3 heteroatoms. The standard InChI is InChI=1S/C18H16FNO/c1-12-6-7-13(20-11-12)10-18(21)16-8-9-17(19)15-5-3-2-4-14(15)16/h2-9,11,18,21H,10H2,1H3. The molecule has 1 heterocycles. The van der Waals surface area contributed by atoms with Crippen LogP contribution in [0.1, 0.15) is 22.9 Å². The highest BCUT2D eigenvalue weighted by Crippen LogP contribution is 2.28. The summed E-state index contributed by atoms with van der Waals surface area (Å²) in [4.78, 5) is 4.31. The number of halogens is 1. The fourth-order valence-corrected chi connectivity index (χ4v) is 2.50. The molecule has 0 radical (unpaired) electrons. The van der Waals surface area contributed by atoms with Gasteiger partial charge in [-0.1, -0.05) is 36.4 Å². The first-order valence-corrected chi connectivity index (χ1v) is 6.92. The lowest BCUT2D eigenvalue weighted by Crippen LogP contribution is -2.04. The molecule has 0 aliphatic carbocycles. The van der Waals surface area contributed by atoms with Gasteiger partial charge < -0.3 is 5.11 Å². The number of rotatable bonds is 3. The minimum absolute atomic E-state index is 0.269. The van der Waals surface area contributed by atoms with Gasteiger partial charge in [0.1, 0.15) is 5.82 Å². The van der Waals surface area contributed by atoms with Crippen LogP contribution in [-0.4, -0.2) is 10.1 Å². The molecule has 3 aromatic rings. The summed E-state index contributed by atoms with van der Waals surface area (Å²) in [7, 11) is 0. The molecule has 1 unspecified atom stereocenters. The number of hydrogen-bond acceptors (Lipinski definition) is 2. The summed E-state index contributed by atoms with van der Waals surface area (Å²) >= 11 is 0. The fourth-order valence-electron chi connectivity index (χ4n) is 2.50. The Morgan fingerprint density at radius 2 is 1.81 bits per heavy atom. The number of nitrogens with zero attached hydrogens (tertiary/aromatic N) is 1. The number of aromatic nitrogens is 1. The average Bonchev–Trinajstić information content (AvgIpc) is 2.50. The Bertz CT molecular complexity index is 768. The zero-order chi connectivity index (χ0) is 14.8. The number of benzene rings is 2. The summed E-state index contributed by atoms with van der Waals surface area (Å²) < 4.78 is 13.8. The van der Waals surface area contributed by atoms with Gasteiger partial charge in [0.25, 0.3) is 0 Å². The van der Waals surface area contributed by atoms with Crippen molar-refractivity contribution in [1.82, 2.24) is 4.98 Å². The molecule has 0 aliphatic rings. The molecule has 0 amide bonds. The molecule has 0 saturated carbocycles. The van der Waals surface area contributed by atoms with Crippen molar-refractivity contribution >= 4 is 10.8 Å². The van der Waals surface area contributed by atoms with E-state index in [4.69, 9.17) is 0 Å². The Morgan fingerprint density at radius 1 is 1.05 bits per heavy atom.